The Morgan fingerprint density at radius 1 is 1.14 bits per heavy atom. The van der Waals surface area contributed by atoms with Crippen LogP contribution in [0.15, 0.2) is 42.5 Å². The number of hydrogen-bond acceptors (Lipinski definition) is 3. The molecule has 0 aromatic heterocycles. The molecule has 0 heterocycles. The molecule has 0 saturated carbocycles. The van der Waals surface area contributed by atoms with Crippen LogP contribution in [0.5, 0.6) is 5.75 Å². The number of ether oxygens (including phenoxy) is 2. The van der Waals surface area contributed by atoms with Gasteiger partial charge in [-0.1, -0.05) is 36.4 Å². The minimum absolute atomic E-state index is 0.0407. The Bertz CT molecular complexity index is 607. The summed E-state index contributed by atoms with van der Waals surface area (Å²) >= 11 is 0. The summed E-state index contributed by atoms with van der Waals surface area (Å²) in [6.45, 7) is 4.12. The number of rotatable bonds is 6. The van der Waals surface area contributed by atoms with E-state index in [1.807, 2.05) is 49.4 Å². The second-order valence-corrected chi connectivity index (χ2v) is 5.10. The molecule has 21 heavy (non-hydrogen) atoms. The van der Waals surface area contributed by atoms with Gasteiger partial charge in [0.05, 0.1) is 6.61 Å². The van der Waals surface area contributed by atoms with Gasteiger partial charge in [0.25, 0.3) is 5.91 Å². The van der Waals surface area contributed by atoms with Gasteiger partial charge in [0.15, 0.2) is 6.10 Å². The van der Waals surface area contributed by atoms with Gasteiger partial charge < -0.3 is 14.8 Å². The number of benzene rings is 2. The van der Waals surface area contributed by atoms with Gasteiger partial charge in [-0.25, -0.2) is 0 Å². The Balaban J connectivity index is 2.07. The fourth-order valence-corrected chi connectivity index (χ4v) is 2.19. The molecule has 0 saturated heterocycles. The molecule has 0 aliphatic heterocycles. The lowest BCUT2D eigenvalue weighted by molar-refractivity contribution is -0.128. The van der Waals surface area contributed by atoms with E-state index in [2.05, 4.69) is 5.32 Å². The van der Waals surface area contributed by atoms with Gasteiger partial charge in [0.2, 0.25) is 0 Å². The van der Waals surface area contributed by atoms with E-state index in [0.29, 0.717) is 6.61 Å². The standard InChI is InChI=1S/C17H21NO3/c1-12(11-20-3)18-17(19)13(2)21-16-10-6-8-14-7-4-5-9-15(14)16/h4-10,12-13H,11H2,1-3H3,(H,18,19)/t12-,13-/m0/s1. The van der Waals surface area contributed by atoms with E-state index in [4.69, 9.17) is 9.47 Å². The van der Waals surface area contributed by atoms with E-state index in [1.165, 1.54) is 0 Å². The highest BCUT2D eigenvalue weighted by Crippen LogP contribution is 2.25. The molecular formula is C17H21NO3. The van der Waals surface area contributed by atoms with Crippen molar-refractivity contribution in [2.24, 2.45) is 0 Å². The van der Waals surface area contributed by atoms with Crippen LogP contribution in [-0.2, 0) is 9.53 Å². The van der Waals surface area contributed by atoms with Crippen molar-refractivity contribution in [1.82, 2.24) is 5.32 Å². The first-order valence-corrected chi connectivity index (χ1v) is 7.05. The predicted octanol–water partition coefficient (Wildman–Crippen LogP) is 2.76. The first-order valence-electron chi connectivity index (χ1n) is 7.05. The number of carbonyl (C=O) groups excluding carboxylic acids is 1. The minimum atomic E-state index is -0.560. The molecule has 0 bridgehead atoms. The number of methoxy groups -OCH3 is 1. The molecule has 2 aromatic carbocycles. The van der Waals surface area contributed by atoms with Crippen molar-refractivity contribution < 1.29 is 14.3 Å². The first kappa shape index (κ1) is 15.3. The maximum Gasteiger partial charge on any atom is 0.261 e. The van der Waals surface area contributed by atoms with Gasteiger partial charge >= 0.3 is 0 Å². The molecule has 0 unspecified atom stereocenters. The maximum atomic E-state index is 12.1. The largest absolute Gasteiger partial charge is 0.480 e. The molecule has 4 nitrogen and oxygen atoms in total. The number of fused-ring (bicyclic) bond motifs is 1. The maximum absolute atomic E-state index is 12.1. The van der Waals surface area contributed by atoms with Crippen LogP contribution in [-0.4, -0.2) is 31.8 Å². The van der Waals surface area contributed by atoms with Gasteiger partial charge in [-0.05, 0) is 25.3 Å². The Morgan fingerprint density at radius 3 is 2.62 bits per heavy atom. The Hall–Kier alpha value is -2.07. The second kappa shape index (κ2) is 7.09. The molecule has 1 N–H and O–H groups in total. The van der Waals surface area contributed by atoms with Crippen molar-refractivity contribution in [2.45, 2.75) is 26.0 Å². The molecule has 0 fully saturated rings. The molecule has 112 valence electrons. The van der Waals surface area contributed by atoms with Gasteiger partial charge in [0, 0.05) is 18.5 Å². The molecule has 2 rings (SSSR count). The summed E-state index contributed by atoms with van der Waals surface area (Å²) in [6.07, 6.45) is -0.560. The van der Waals surface area contributed by atoms with E-state index in [1.54, 1.807) is 14.0 Å². The lowest BCUT2D eigenvalue weighted by Crippen LogP contribution is -2.43. The molecular weight excluding hydrogens is 266 g/mol. The summed E-state index contributed by atoms with van der Waals surface area (Å²) in [5.74, 6) is 0.572. The fourth-order valence-electron chi connectivity index (χ4n) is 2.19. The summed E-state index contributed by atoms with van der Waals surface area (Å²) in [5, 5.41) is 4.96. The molecule has 1 amide bonds. The quantitative estimate of drug-likeness (QED) is 0.888. The van der Waals surface area contributed by atoms with E-state index >= 15 is 0 Å². The van der Waals surface area contributed by atoms with Crippen LogP contribution in [0.4, 0.5) is 0 Å². The normalized spacial score (nSPS) is 13.7. The fraction of sp³-hybridized carbons (Fsp3) is 0.353. The van der Waals surface area contributed by atoms with E-state index in [0.717, 1.165) is 16.5 Å². The molecule has 0 aliphatic rings. The summed E-state index contributed by atoms with van der Waals surface area (Å²) in [7, 11) is 1.61. The molecule has 4 heteroatoms. The van der Waals surface area contributed by atoms with Gasteiger partial charge in [-0.3, -0.25) is 4.79 Å². The minimum Gasteiger partial charge on any atom is -0.480 e. The highest BCUT2D eigenvalue weighted by molar-refractivity contribution is 5.89. The first-order chi connectivity index (χ1) is 10.1. The summed E-state index contributed by atoms with van der Waals surface area (Å²) in [4.78, 5) is 12.1. The summed E-state index contributed by atoms with van der Waals surface area (Å²) in [5.41, 5.74) is 0. The van der Waals surface area contributed by atoms with Crippen molar-refractivity contribution in [3.8, 4) is 5.75 Å². The molecule has 2 atom stereocenters. The highest BCUT2D eigenvalue weighted by Gasteiger charge is 2.17. The van der Waals surface area contributed by atoms with Crippen LogP contribution in [0.2, 0.25) is 0 Å². The Labute approximate surface area is 125 Å². The number of nitrogens with one attached hydrogen (secondary N) is 1. The van der Waals surface area contributed by atoms with Crippen molar-refractivity contribution in [2.75, 3.05) is 13.7 Å². The van der Waals surface area contributed by atoms with E-state index in [-0.39, 0.29) is 11.9 Å². The molecule has 2 aromatic rings. The summed E-state index contributed by atoms with van der Waals surface area (Å²) in [6, 6.07) is 13.7. The van der Waals surface area contributed by atoms with Gasteiger partial charge in [-0.2, -0.15) is 0 Å². The monoisotopic (exact) mass is 287 g/mol. The van der Waals surface area contributed by atoms with Crippen LogP contribution >= 0.6 is 0 Å². The average Bonchev–Trinajstić information content (AvgIpc) is 2.47. The number of hydrogen-bond donors (Lipinski definition) is 1. The zero-order valence-corrected chi connectivity index (χ0v) is 12.6. The van der Waals surface area contributed by atoms with Gasteiger partial charge in [-0.15, -0.1) is 0 Å². The van der Waals surface area contributed by atoms with Crippen LogP contribution in [0.3, 0.4) is 0 Å². The third-order valence-corrected chi connectivity index (χ3v) is 3.23. The number of carbonyl (C=O) groups is 1. The van der Waals surface area contributed by atoms with Crippen LogP contribution < -0.4 is 10.1 Å². The van der Waals surface area contributed by atoms with Crippen molar-refractivity contribution in [1.29, 1.82) is 0 Å². The predicted molar refractivity (Wildman–Crippen MR) is 83.5 cm³/mol. The van der Waals surface area contributed by atoms with E-state index < -0.39 is 6.10 Å². The van der Waals surface area contributed by atoms with Crippen LogP contribution in [0, 0.1) is 0 Å². The third-order valence-electron chi connectivity index (χ3n) is 3.23. The Morgan fingerprint density at radius 2 is 1.86 bits per heavy atom. The SMILES string of the molecule is COC[C@H](C)NC(=O)[C@H](C)Oc1cccc2ccccc12. The zero-order chi connectivity index (χ0) is 15.2. The van der Waals surface area contributed by atoms with Crippen LogP contribution in [0.1, 0.15) is 13.8 Å². The van der Waals surface area contributed by atoms with Crippen molar-refractivity contribution >= 4 is 16.7 Å². The highest BCUT2D eigenvalue weighted by atomic mass is 16.5. The third kappa shape index (κ3) is 3.95. The van der Waals surface area contributed by atoms with Crippen LogP contribution in [0.25, 0.3) is 10.8 Å². The lowest BCUT2D eigenvalue weighted by Gasteiger charge is -2.19. The Kier molecular flexibility index (Phi) is 5.17. The van der Waals surface area contributed by atoms with Crippen molar-refractivity contribution in [3.05, 3.63) is 42.5 Å². The smallest absolute Gasteiger partial charge is 0.261 e. The lowest BCUT2D eigenvalue weighted by atomic mass is 10.1. The topological polar surface area (TPSA) is 47.6 Å². The van der Waals surface area contributed by atoms with E-state index in [9.17, 15) is 4.79 Å². The summed E-state index contributed by atoms with van der Waals surface area (Å²) < 4.78 is 10.8. The molecule has 0 aliphatic carbocycles. The van der Waals surface area contributed by atoms with Crippen molar-refractivity contribution in [3.63, 3.8) is 0 Å². The molecule has 0 radical (unpaired) electrons. The van der Waals surface area contributed by atoms with Gasteiger partial charge in [0.1, 0.15) is 5.75 Å². The number of amides is 1. The second-order valence-electron chi connectivity index (χ2n) is 5.10. The molecule has 0 spiro atoms. The zero-order valence-electron chi connectivity index (χ0n) is 12.6. The average molecular weight is 287 g/mol.